The van der Waals surface area contributed by atoms with E-state index in [2.05, 4.69) is 12.2 Å². The molecule has 2 aromatic carbocycles. The van der Waals surface area contributed by atoms with E-state index in [1.54, 1.807) is 11.8 Å². The van der Waals surface area contributed by atoms with Gasteiger partial charge in [-0.05, 0) is 35.1 Å². The number of thioether (sulfide) groups is 1. The van der Waals surface area contributed by atoms with Crippen LogP contribution >= 0.6 is 11.8 Å². The van der Waals surface area contributed by atoms with Crippen LogP contribution in [-0.2, 0) is 6.42 Å². The summed E-state index contributed by atoms with van der Waals surface area (Å²) in [5.74, 6) is 0.832. The van der Waals surface area contributed by atoms with Crippen molar-refractivity contribution in [1.82, 2.24) is 5.32 Å². The molecule has 0 saturated carbocycles. The largest absolute Gasteiger partial charge is 0.390 e. The first kappa shape index (κ1) is 15.1. The maximum atomic E-state index is 12.5. The van der Waals surface area contributed by atoms with Gasteiger partial charge in [-0.3, -0.25) is 4.79 Å². The van der Waals surface area contributed by atoms with Crippen LogP contribution in [0.25, 0.3) is 0 Å². The molecule has 0 aromatic heterocycles. The lowest BCUT2D eigenvalue weighted by atomic mass is 10.1. The minimum atomic E-state index is -0.561. The van der Waals surface area contributed by atoms with Gasteiger partial charge in [0.15, 0.2) is 0 Å². The normalized spacial score (nSPS) is 19.7. The van der Waals surface area contributed by atoms with Gasteiger partial charge in [-0.1, -0.05) is 37.3 Å². The second-order valence-corrected chi connectivity index (χ2v) is 6.72. The third-order valence-electron chi connectivity index (χ3n) is 3.90. The Morgan fingerprint density at radius 1 is 1.27 bits per heavy atom. The van der Waals surface area contributed by atoms with E-state index < -0.39 is 6.10 Å². The minimum Gasteiger partial charge on any atom is -0.390 e. The molecule has 2 unspecified atom stereocenters. The first-order valence-electron chi connectivity index (χ1n) is 7.48. The number of rotatable bonds is 4. The van der Waals surface area contributed by atoms with Crippen molar-refractivity contribution in [1.29, 1.82) is 0 Å². The highest BCUT2D eigenvalue weighted by molar-refractivity contribution is 7.99. The number of benzene rings is 2. The standard InChI is InChI=1S/C18H19NO2S/c1-2-22-14-8-5-7-13(10-14)18(21)19-17-15-9-4-3-6-12(15)11-16(17)20/h3-10,16-17,20H,2,11H2,1H3,(H,19,21). The number of aliphatic hydroxyl groups is 1. The fourth-order valence-corrected chi connectivity index (χ4v) is 3.58. The molecule has 22 heavy (non-hydrogen) atoms. The van der Waals surface area contributed by atoms with Crippen molar-refractivity contribution in [2.45, 2.75) is 30.4 Å². The molecule has 0 radical (unpaired) electrons. The van der Waals surface area contributed by atoms with Gasteiger partial charge in [-0.2, -0.15) is 0 Å². The van der Waals surface area contributed by atoms with Gasteiger partial charge in [0.1, 0.15) is 0 Å². The quantitative estimate of drug-likeness (QED) is 0.852. The predicted molar refractivity (Wildman–Crippen MR) is 89.2 cm³/mol. The van der Waals surface area contributed by atoms with Crippen molar-refractivity contribution in [3.8, 4) is 0 Å². The van der Waals surface area contributed by atoms with Crippen LogP contribution in [0.3, 0.4) is 0 Å². The summed E-state index contributed by atoms with van der Waals surface area (Å²) in [6, 6.07) is 15.2. The first-order chi connectivity index (χ1) is 10.7. The Morgan fingerprint density at radius 3 is 2.91 bits per heavy atom. The smallest absolute Gasteiger partial charge is 0.251 e. The number of carbonyl (C=O) groups is 1. The number of fused-ring (bicyclic) bond motifs is 1. The molecule has 1 aliphatic carbocycles. The second kappa shape index (κ2) is 6.55. The van der Waals surface area contributed by atoms with Crippen LogP contribution in [-0.4, -0.2) is 22.9 Å². The van der Waals surface area contributed by atoms with Crippen molar-refractivity contribution in [2.75, 3.05) is 5.75 Å². The molecule has 3 nitrogen and oxygen atoms in total. The van der Waals surface area contributed by atoms with Gasteiger partial charge in [-0.25, -0.2) is 0 Å². The molecule has 1 amide bonds. The van der Waals surface area contributed by atoms with Gasteiger partial charge >= 0.3 is 0 Å². The maximum Gasteiger partial charge on any atom is 0.251 e. The van der Waals surface area contributed by atoms with Crippen LogP contribution in [0.5, 0.6) is 0 Å². The third-order valence-corrected chi connectivity index (χ3v) is 4.77. The van der Waals surface area contributed by atoms with Gasteiger partial charge < -0.3 is 10.4 Å². The summed E-state index contributed by atoms with van der Waals surface area (Å²) in [4.78, 5) is 13.6. The summed E-state index contributed by atoms with van der Waals surface area (Å²) in [6.07, 6.45) is 0.0295. The highest BCUT2D eigenvalue weighted by Gasteiger charge is 2.31. The van der Waals surface area contributed by atoms with Crippen LogP contribution in [0.2, 0.25) is 0 Å². The van der Waals surface area contributed by atoms with Crippen molar-refractivity contribution in [3.63, 3.8) is 0 Å². The summed E-state index contributed by atoms with van der Waals surface area (Å²) in [5.41, 5.74) is 2.76. The number of nitrogens with one attached hydrogen (secondary N) is 1. The van der Waals surface area contributed by atoms with Crippen LogP contribution in [0.15, 0.2) is 53.4 Å². The summed E-state index contributed by atoms with van der Waals surface area (Å²) in [6.45, 7) is 2.09. The molecule has 2 aromatic rings. The Hall–Kier alpha value is -1.78. The minimum absolute atomic E-state index is 0.140. The highest BCUT2D eigenvalue weighted by Crippen LogP contribution is 2.31. The van der Waals surface area contributed by atoms with Crippen LogP contribution in [0.4, 0.5) is 0 Å². The van der Waals surface area contributed by atoms with Crippen LogP contribution < -0.4 is 5.32 Å². The van der Waals surface area contributed by atoms with E-state index in [1.807, 2.05) is 48.5 Å². The molecule has 0 fully saturated rings. The highest BCUT2D eigenvalue weighted by atomic mass is 32.2. The Balaban J connectivity index is 1.78. The van der Waals surface area contributed by atoms with Crippen molar-refractivity contribution >= 4 is 17.7 Å². The van der Waals surface area contributed by atoms with Gasteiger partial charge in [0.2, 0.25) is 0 Å². The molecule has 3 rings (SSSR count). The molecule has 4 heteroatoms. The molecular formula is C18H19NO2S. The summed E-state index contributed by atoms with van der Waals surface area (Å²) >= 11 is 1.71. The molecule has 114 valence electrons. The number of aliphatic hydroxyl groups excluding tert-OH is 1. The van der Waals surface area contributed by atoms with Crippen LogP contribution in [0.1, 0.15) is 34.5 Å². The lowest BCUT2D eigenvalue weighted by Crippen LogP contribution is -2.33. The van der Waals surface area contributed by atoms with Gasteiger partial charge in [0.25, 0.3) is 5.91 Å². The lowest BCUT2D eigenvalue weighted by molar-refractivity contribution is 0.0858. The van der Waals surface area contributed by atoms with E-state index in [-0.39, 0.29) is 11.9 Å². The second-order valence-electron chi connectivity index (χ2n) is 5.38. The van der Waals surface area contributed by atoms with Gasteiger partial charge in [-0.15, -0.1) is 11.8 Å². The first-order valence-corrected chi connectivity index (χ1v) is 8.47. The maximum absolute atomic E-state index is 12.5. The average molecular weight is 313 g/mol. The Morgan fingerprint density at radius 2 is 2.09 bits per heavy atom. The zero-order chi connectivity index (χ0) is 15.5. The number of hydrogen-bond donors (Lipinski definition) is 2. The predicted octanol–water partition coefficient (Wildman–Crippen LogP) is 3.19. The topological polar surface area (TPSA) is 49.3 Å². The molecule has 1 aliphatic rings. The van der Waals surface area contributed by atoms with E-state index in [4.69, 9.17) is 0 Å². The van der Waals surface area contributed by atoms with E-state index in [0.717, 1.165) is 21.8 Å². The third kappa shape index (κ3) is 3.03. The summed E-state index contributed by atoms with van der Waals surface area (Å²) in [5, 5.41) is 13.2. The fourth-order valence-electron chi connectivity index (χ4n) is 2.87. The number of amides is 1. The zero-order valence-electron chi connectivity index (χ0n) is 12.5. The van der Waals surface area contributed by atoms with Crippen molar-refractivity contribution in [2.24, 2.45) is 0 Å². The summed E-state index contributed by atoms with van der Waals surface area (Å²) in [7, 11) is 0. The zero-order valence-corrected chi connectivity index (χ0v) is 13.3. The molecule has 2 atom stereocenters. The molecule has 0 spiro atoms. The van der Waals surface area contributed by atoms with E-state index in [1.165, 1.54) is 0 Å². The summed E-state index contributed by atoms with van der Waals surface area (Å²) < 4.78 is 0. The van der Waals surface area contributed by atoms with Gasteiger partial charge in [0, 0.05) is 16.9 Å². The van der Waals surface area contributed by atoms with E-state index >= 15 is 0 Å². The molecule has 0 heterocycles. The fraction of sp³-hybridized carbons (Fsp3) is 0.278. The number of hydrogen-bond acceptors (Lipinski definition) is 3. The monoisotopic (exact) mass is 313 g/mol. The SMILES string of the molecule is CCSc1cccc(C(=O)NC2c3ccccc3CC2O)c1. The number of carbonyl (C=O) groups excluding carboxylic acids is 1. The van der Waals surface area contributed by atoms with Crippen molar-refractivity contribution in [3.05, 3.63) is 65.2 Å². The van der Waals surface area contributed by atoms with Gasteiger partial charge in [0.05, 0.1) is 12.1 Å². The molecule has 0 saturated heterocycles. The molecule has 0 bridgehead atoms. The molecular weight excluding hydrogens is 294 g/mol. The van der Waals surface area contributed by atoms with E-state index in [0.29, 0.717) is 12.0 Å². The average Bonchev–Trinajstić information content (AvgIpc) is 2.84. The Kier molecular flexibility index (Phi) is 4.50. The molecule has 0 aliphatic heterocycles. The van der Waals surface area contributed by atoms with Crippen molar-refractivity contribution < 1.29 is 9.90 Å². The van der Waals surface area contributed by atoms with E-state index in [9.17, 15) is 9.90 Å². The lowest BCUT2D eigenvalue weighted by Gasteiger charge is -2.18. The Bertz CT molecular complexity index is 686. The Labute approximate surface area is 134 Å². The van der Waals surface area contributed by atoms with Crippen LogP contribution in [0, 0.1) is 0 Å². The molecule has 2 N–H and O–H groups in total.